The summed E-state index contributed by atoms with van der Waals surface area (Å²) in [7, 11) is 0. The minimum Gasteiger partial charge on any atom is -0.504 e. The zero-order valence-electron chi connectivity index (χ0n) is 12.9. The largest absolute Gasteiger partial charge is 0.504 e. The molecule has 122 valence electrons. The van der Waals surface area contributed by atoms with Crippen molar-refractivity contribution >= 4 is 11.9 Å². The van der Waals surface area contributed by atoms with Crippen LogP contribution in [0.15, 0.2) is 36.5 Å². The topological polar surface area (TPSA) is 104 Å². The minimum atomic E-state index is -1.12. The van der Waals surface area contributed by atoms with Gasteiger partial charge in [0.15, 0.2) is 11.4 Å². The average Bonchev–Trinajstić information content (AvgIpc) is 2.89. The maximum atomic E-state index is 12.2. The van der Waals surface area contributed by atoms with Crippen molar-refractivity contribution in [1.29, 1.82) is 0 Å². The van der Waals surface area contributed by atoms with Crippen molar-refractivity contribution in [1.82, 2.24) is 15.1 Å². The van der Waals surface area contributed by atoms with Crippen LogP contribution in [-0.2, 0) is 4.79 Å². The molecule has 1 amide bonds. The molecule has 1 heterocycles. The van der Waals surface area contributed by atoms with Crippen LogP contribution in [0.25, 0.3) is 5.69 Å². The molecule has 23 heavy (non-hydrogen) atoms. The van der Waals surface area contributed by atoms with Crippen LogP contribution in [-0.4, -0.2) is 37.9 Å². The fraction of sp³-hybridized carbons (Fsp3) is 0.312. The van der Waals surface area contributed by atoms with Crippen LogP contribution < -0.4 is 5.32 Å². The van der Waals surface area contributed by atoms with E-state index in [0.29, 0.717) is 12.1 Å². The predicted octanol–water partition coefficient (Wildman–Crippen LogP) is 1.81. The second-order valence-electron chi connectivity index (χ2n) is 5.64. The molecule has 0 saturated carbocycles. The maximum absolute atomic E-state index is 12.2. The number of rotatable bonds is 6. The summed E-state index contributed by atoms with van der Waals surface area (Å²) in [4.78, 5) is 23.4. The molecule has 2 aromatic rings. The van der Waals surface area contributed by atoms with Crippen LogP contribution in [0.1, 0.15) is 30.8 Å². The predicted molar refractivity (Wildman–Crippen MR) is 83.6 cm³/mol. The number of aromatic nitrogens is 2. The van der Waals surface area contributed by atoms with E-state index < -0.39 is 17.9 Å². The number of amides is 1. The molecular weight excluding hydrogens is 298 g/mol. The van der Waals surface area contributed by atoms with E-state index >= 15 is 0 Å². The Balaban J connectivity index is 2.19. The molecule has 7 nitrogen and oxygen atoms in total. The van der Waals surface area contributed by atoms with Gasteiger partial charge in [-0.2, -0.15) is 5.10 Å². The van der Waals surface area contributed by atoms with E-state index in [9.17, 15) is 14.7 Å². The van der Waals surface area contributed by atoms with Gasteiger partial charge in [0.2, 0.25) is 0 Å². The van der Waals surface area contributed by atoms with E-state index in [1.807, 2.05) is 19.9 Å². The smallest absolute Gasteiger partial charge is 0.326 e. The molecule has 1 aromatic carbocycles. The highest BCUT2D eigenvalue weighted by atomic mass is 16.4. The van der Waals surface area contributed by atoms with E-state index in [4.69, 9.17) is 5.11 Å². The average molecular weight is 317 g/mol. The van der Waals surface area contributed by atoms with Gasteiger partial charge in [-0.3, -0.25) is 4.79 Å². The molecular formula is C16H19N3O4. The van der Waals surface area contributed by atoms with E-state index in [-0.39, 0.29) is 17.4 Å². The number of carboxylic acids is 1. The van der Waals surface area contributed by atoms with Crippen LogP contribution in [0.3, 0.4) is 0 Å². The molecule has 0 bridgehead atoms. The molecule has 0 radical (unpaired) electrons. The van der Waals surface area contributed by atoms with Crippen LogP contribution in [0.5, 0.6) is 5.75 Å². The molecule has 0 unspecified atom stereocenters. The second-order valence-corrected chi connectivity index (χ2v) is 5.64. The van der Waals surface area contributed by atoms with Crippen LogP contribution in [0.2, 0.25) is 0 Å². The standard InChI is InChI=1S/C16H19N3O4/c1-10(2)8-12(16(22)23)17-15(21)14-13(20)9-19(18-14)11-6-4-3-5-7-11/h3-7,9-10,12,20H,8H2,1-2H3,(H,17,21)(H,22,23)/t12-/m1/s1. The lowest BCUT2D eigenvalue weighted by molar-refractivity contribution is -0.139. The lowest BCUT2D eigenvalue weighted by atomic mass is 10.0. The maximum Gasteiger partial charge on any atom is 0.326 e. The Kier molecular flexibility index (Phi) is 5.00. The van der Waals surface area contributed by atoms with Crippen molar-refractivity contribution in [2.45, 2.75) is 26.3 Å². The first-order chi connectivity index (χ1) is 10.9. The summed E-state index contributed by atoms with van der Waals surface area (Å²) < 4.78 is 1.36. The Morgan fingerprint density at radius 3 is 2.48 bits per heavy atom. The van der Waals surface area contributed by atoms with Crippen molar-refractivity contribution in [3.05, 3.63) is 42.2 Å². The van der Waals surface area contributed by atoms with Crippen molar-refractivity contribution in [2.75, 3.05) is 0 Å². The summed E-state index contributed by atoms with van der Waals surface area (Å²) in [6.45, 7) is 3.73. The van der Waals surface area contributed by atoms with Gasteiger partial charge in [0.1, 0.15) is 6.04 Å². The van der Waals surface area contributed by atoms with E-state index in [2.05, 4.69) is 10.4 Å². The molecule has 7 heteroatoms. The number of para-hydroxylation sites is 1. The Labute approximate surface area is 133 Å². The normalized spacial score (nSPS) is 12.1. The molecule has 1 aromatic heterocycles. The summed E-state index contributed by atoms with van der Waals surface area (Å²) >= 11 is 0. The number of hydrogen-bond acceptors (Lipinski definition) is 4. The number of aliphatic carboxylic acids is 1. The van der Waals surface area contributed by atoms with Crippen molar-refractivity contribution in [3.63, 3.8) is 0 Å². The molecule has 2 rings (SSSR count). The van der Waals surface area contributed by atoms with Gasteiger partial charge in [0, 0.05) is 0 Å². The summed E-state index contributed by atoms with van der Waals surface area (Å²) in [6.07, 6.45) is 1.60. The van der Waals surface area contributed by atoms with E-state index in [0.717, 1.165) is 0 Å². The lowest BCUT2D eigenvalue weighted by Gasteiger charge is -2.15. The monoisotopic (exact) mass is 317 g/mol. The number of benzene rings is 1. The Bertz CT molecular complexity index is 695. The van der Waals surface area contributed by atoms with E-state index in [1.54, 1.807) is 24.3 Å². The van der Waals surface area contributed by atoms with Gasteiger partial charge >= 0.3 is 5.97 Å². The Hall–Kier alpha value is -2.83. The molecule has 3 N–H and O–H groups in total. The van der Waals surface area contributed by atoms with Gasteiger partial charge in [0.25, 0.3) is 5.91 Å². The van der Waals surface area contributed by atoms with Gasteiger partial charge in [-0.05, 0) is 24.5 Å². The summed E-state index contributed by atoms with van der Waals surface area (Å²) in [5, 5.41) is 25.5. The van der Waals surface area contributed by atoms with Crippen LogP contribution in [0.4, 0.5) is 0 Å². The van der Waals surface area contributed by atoms with Gasteiger partial charge in [0.05, 0.1) is 11.9 Å². The van der Waals surface area contributed by atoms with Gasteiger partial charge < -0.3 is 15.5 Å². The first kappa shape index (κ1) is 16.5. The second kappa shape index (κ2) is 6.95. The number of hydrogen-bond donors (Lipinski definition) is 3. The highest BCUT2D eigenvalue weighted by Crippen LogP contribution is 2.18. The molecule has 0 aliphatic rings. The number of carboxylic acid groups (broad SMARTS) is 1. The molecule has 0 spiro atoms. The number of carbonyl (C=O) groups excluding carboxylic acids is 1. The zero-order valence-corrected chi connectivity index (χ0v) is 12.9. The first-order valence-electron chi connectivity index (χ1n) is 7.26. The fourth-order valence-electron chi connectivity index (χ4n) is 2.16. The van der Waals surface area contributed by atoms with Gasteiger partial charge in [-0.15, -0.1) is 0 Å². The van der Waals surface area contributed by atoms with Crippen LogP contribution >= 0.6 is 0 Å². The fourth-order valence-corrected chi connectivity index (χ4v) is 2.16. The summed E-state index contributed by atoms with van der Waals surface area (Å²) in [5.41, 5.74) is 0.475. The number of aromatic hydroxyl groups is 1. The highest BCUT2D eigenvalue weighted by molar-refractivity contribution is 5.97. The first-order valence-corrected chi connectivity index (χ1v) is 7.26. The quantitative estimate of drug-likeness (QED) is 0.753. The zero-order chi connectivity index (χ0) is 17.0. The minimum absolute atomic E-state index is 0.104. The summed E-state index contributed by atoms with van der Waals surface area (Å²) in [5.74, 6) is -2.04. The third-order valence-electron chi connectivity index (χ3n) is 3.24. The summed E-state index contributed by atoms with van der Waals surface area (Å²) in [6, 6.07) is 7.96. The van der Waals surface area contributed by atoms with Gasteiger partial charge in [-0.25, -0.2) is 9.48 Å². The number of nitrogens with zero attached hydrogens (tertiary/aromatic N) is 2. The highest BCUT2D eigenvalue weighted by Gasteiger charge is 2.25. The Morgan fingerprint density at radius 1 is 1.26 bits per heavy atom. The van der Waals surface area contributed by atoms with Crippen LogP contribution in [0, 0.1) is 5.92 Å². The van der Waals surface area contributed by atoms with Gasteiger partial charge in [-0.1, -0.05) is 32.0 Å². The molecule has 0 aliphatic heterocycles. The molecule has 0 fully saturated rings. The molecule has 0 saturated heterocycles. The Morgan fingerprint density at radius 2 is 1.91 bits per heavy atom. The van der Waals surface area contributed by atoms with Crippen molar-refractivity contribution < 1.29 is 19.8 Å². The third kappa shape index (κ3) is 4.09. The van der Waals surface area contributed by atoms with Crippen molar-refractivity contribution in [2.24, 2.45) is 5.92 Å². The molecule has 1 atom stereocenters. The number of carbonyl (C=O) groups is 2. The van der Waals surface area contributed by atoms with Crippen molar-refractivity contribution in [3.8, 4) is 11.4 Å². The van der Waals surface area contributed by atoms with E-state index in [1.165, 1.54) is 10.9 Å². The number of nitrogens with one attached hydrogen (secondary N) is 1. The lowest BCUT2D eigenvalue weighted by Crippen LogP contribution is -2.41. The third-order valence-corrected chi connectivity index (χ3v) is 3.24. The molecule has 0 aliphatic carbocycles. The SMILES string of the molecule is CC(C)C[C@@H](NC(=O)c1nn(-c2ccccc2)cc1O)C(=O)O.